The topological polar surface area (TPSA) is 53.0 Å². The number of amides is 1. The molecule has 0 aliphatic carbocycles. The predicted octanol–water partition coefficient (Wildman–Crippen LogP) is 1.71. The summed E-state index contributed by atoms with van der Waals surface area (Å²) in [5, 5.41) is 10.2. The number of likely N-dealkylation sites (tertiary alicyclic amines) is 1. The fraction of sp³-hybridized carbons (Fsp3) is 0.562. The van der Waals surface area contributed by atoms with E-state index in [0.29, 0.717) is 26.1 Å². The smallest absolute Gasteiger partial charge is 0.409 e. The molecule has 0 radical (unpaired) electrons. The fourth-order valence-electron chi connectivity index (χ4n) is 2.72. The molecule has 21 heavy (non-hydrogen) atoms. The van der Waals surface area contributed by atoms with E-state index in [2.05, 4.69) is 17.0 Å². The molecule has 1 saturated heterocycles. The van der Waals surface area contributed by atoms with Crippen molar-refractivity contribution < 1.29 is 14.6 Å². The molecule has 1 aromatic carbocycles. The van der Waals surface area contributed by atoms with Gasteiger partial charge < -0.3 is 14.7 Å². The highest BCUT2D eigenvalue weighted by Crippen LogP contribution is 2.18. The zero-order valence-corrected chi connectivity index (χ0v) is 12.7. The van der Waals surface area contributed by atoms with Gasteiger partial charge in [0.25, 0.3) is 0 Å². The van der Waals surface area contributed by atoms with Crippen LogP contribution in [0.4, 0.5) is 4.79 Å². The highest BCUT2D eigenvalue weighted by atomic mass is 16.6. The van der Waals surface area contributed by atoms with Crippen LogP contribution in [0.15, 0.2) is 30.3 Å². The van der Waals surface area contributed by atoms with Crippen molar-refractivity contribution in [2.24, 2.45) is 0 Å². The molecule has 1 heterocycles. The van der Waals surface area contributed by atoms with E-state index in [9.17, 15) is 9.90 Å². The number of likely N-dealkylation sites (N-methyl/N-ethyl adjacent to an activating group) is 1. The molecule has 0 saturated carbocycles. The Kier molecular flexibility index (Phi) is 5.59. The quantitative estimate of drug-likeness (QED) is 0.918. The minimum atomic E-state index is -0.413. The largest absolute Gasteiger partial charge is 0.450 e. The number of hydrogen-bond donors (Lipinski definition) is 1. The van der Waals surface area contributed by atoms with Gasteiger partial charge in [-0.15, -0.1) is 0 Å². The molecule has 0 unspecified atom stereocenters. The van der Waals surface area contributed by atoms with E-state index in [1.807, 2.05) is 25.2 Å². The number of ether oxygens (including phenoxy) is 1. The number of aliphatic hydroxyl groups excluding tert-OH is 1. The Balaban J connectivity index is 1.97. The molecular formula is C16H24N2O3. The molecule has 2 atom stereocenters. The first-order valence-corrected chi connectivity index (χ1v) is 7.45. The third-order valence-corrected chi connectivity index (χ3v) is 3.91. The molecule has 1 N–H and O–H groups in total. The summed E-state index contributed by atoms with van der Waals surface area (Å²) in [4.78, 5) is 15.6. The summed E-state index contributed by atoms with van der Waals surface area (Å²) in [6, 6.07) is 10.1. The van der Waals surface area contributed by atoms with Crippen LogP contribution in [0.25, 0.3) is 0 Å². The van der Waals surface area contributed by atoms with Crippen molar-refractivity contribution in [1.29, 1.82) is 0 Å². The first kappa shape index (κ1) is 15.8. The summed E-state index contributed by atoms with van der Waals surface area (Å²) >= 11 is 0. The Bertz CT molecular complexity index is 452. The predicted molar refractivity (Wildman–Crippen MR) is 80.9 cm³/mol. The summed E-state index contributed by atoms with van der Waals surface area (Å²) in [5.41, 5.74) is 1.19. The molecule has 1 fully saturated rings. The molecule has 0 spiro atoms. The van der Waals surface area contributed by atoms with Crippen molar-refractivity contribution in [3.05, 3.63) is 35.9 Å². The van der Waals surface area contributed by atoms with E-state index >= 15 is 0 Å². The molecule has 116 valence electrons. The average molecular weight is 292 g/mol. The lowest BCUT2D eigenvalue weighted by atomic mass is 10.0. The van der Waals surface area contributed by atoms with Crippen LogP contribution in [-0.2, 0) is 11.3 Å². The van der Waals surface area contributed by atoms with Crippen molar-refractivity contribution in [1.82, 2.24) is 9.80 Å². The minimum Gasteiger partial charge on any atom is -0.450 e. The zero-order valence-electron chi connectivity index (χ0n) is 12.7. The van der Waals surface area contributed by atoms with Crippen LogP contribution in [0.3, 0.4) is 0 Å². The second-order valence-corrected chi connectivity index (χ2v) is 5.47. The van der Waals surface area contributed by atoms with Crippen LogP contribution in [0.5, 0.6) is 0 Å². The Hall–Kier alpha value is -1.59. The summed E-state index contributed by atoms with van der Waals surface area (Å²) in [6.45, 7) is 3.98. The lowest BCUT2D eigenvalue weighted by Gasteiger charge is -2.40. The Morgan fingerprint density at radius 1 is 1.43 bits per heavy atom. The second kappa shape index (κ2) is 7.43. The second-order valence-electron chi connectivity index (χ2n) is 5.47. The van der Waals surface area contributed by atoms with E-state index < -0.39 is 6.10 Å². The molecule has 0 bridgehead atoms. The number of carbonyl (C=O) groups is 1. The maximum atomic E-state index is 11.8. The van der Waals surface area contributed by atoms with Crippen molar-refractivity contribution in [3.63, 3.8) is 0 Å². The molecule has 0 aromatic heterocycles. The summed E-state index contributed by atoms with van der Waals surface area (Å²) in [6.07, 6.45) is -0.116. The van der Waals surface area contributed by atoms with Gasteiger partial charge in [0.15, 0.2) is 0 Å². The highest BCUT2D eigenvalue weighted by molar-refractivity contribution is 5.67. The van der Waals surface area contributed by atoms with Gasteiger partial charge in [0.2, 0.25) is 0 Å². The number of piperidine rings is 1. The SMILES string of the molecule is CCOC(=O)N1CC[C@@H](O)[C@H](N(C)Cc2ccccc2)C1. The Morgan fingerprint density at radius 2 is 2.14 bits per heavy atom. The van der Waals surface area contributed by atoms with Gasteiger partial charge in [0.05, 0.1) is 18.8 Å². The van der Waals surface area contributed by atoms with Crippen molar-refractivity contribution in [2.75, 3.05) is 26.7 Å². The summed E-state index contributed by atoms with van der Waals surface area (Å²) in [7, 11) is 1.98. The Labute approximate surface area is 126 Å². The van der Waals surface area contributed by atoms with Gasteiger partial charge >= 0.3 is 6.09 Å². The summed E-state index contributed by atoms with van der Waals surface area (Å²) in [5.74, 6) is 0. The van der Waals surface area contributed by atoms with Crippen LogP contribution in [0, 0.1) is 0 Å². The molecule has 2 rings (SSSR count). The Morgan fingerprint density at radius 3 is 2.81 bits per heavy atom. The van der Waals surface area contributed by atoms with Gasteiger partial charge in [-0.05, 0) is 26.0 Å². The maximum Gasteiger partial charge on any atom is 0.409 e. The van der Waals surface area contributed by atoms with Crippen molar-refractivity contribution in [3.8, 4) is 0 Å². The monoisotopic (exact) mass is 292 g/mol. The zero-order chi connectivity index (χ0) is 15.2. The number of carbonyl (C=O) groups excluding carboxylic acids is 1. The van der Waals surface area contributed by atoms with Gasteiger partial charge in [-0.25, -0.2) is 4.79 Å². The number of nitrogens with zero attached hydrogens (tertiary/aromatic N) is 2. The van der Waals surface area contributed by atoms with Crippen molar-refractivity contribution >= 4 is 6.09 Å². The van der Waals surface area contributed by atoms with Crippen LogP contribution in [-0.4, -0.2) is 59.9 Å². The van der Waals surface area contributed by atoms with Gasteiger partial charge in [-0.3, -0.25) is 4.90 Å². The van der Waals surface area contributed by atoms with Crippen LogP contribution in [0.2, 0.25) is 0 Å². The number of aliphatic hydroxyl groups is 1. The van der Waals surface area contributed by atoms with E-state index in [1.165, 1.54) is 5.56 Å². The normalized spacial score (nSPS) is 22.4. The minimum absolute atomic E-state index is 0.0663. The third kappa shape index (κ3) is 4.19. The van der Waals surface area contributed by atoms with Crippen molar-refractivity contribution in [2.45, 2.75) is 32.0 Å². The lowest BCUT2D eigenvalue weighted by molar-refractivity contribution is -0.00500. The van der Waals surface area contributed by atoms with Crippen LogP contribution >= 0.6 is 0 Å². The number of rotatable bonds is 4. The molecule has 1 aliphatic heterocycles. The molecule has 1 aromatic rings. The van der Waals surface area contributed by atoms with E-state index in [0.717, 1.165) is 6.54 Å². The number of benzene rings is 1. The lowest BCUT2D eigenvalue weighted by Crippen LogP contribution is -2.55. The third-order valence-electron chi connectivity index (χ3n) is 3.91. The van der Waals surface area contributed by atoms with Crippen LogP contribution in [0.1, 0.15) is 18.9 Å². The van der Waals surface area contributed by atoms with Gasteiger partial charge in [0.1, 0.15) is 0 Å². The molecule has 5 heteroatoms. The molecule has 5 nitrogen and oxygen atoms in total. The molecule has 1 amide bonds. The van der Waals surface area contributed by atoms with E-state index in [4.69, 9.17) is 4.74 Å². The van der Waals surface area contributed by atoms with Crippen LogP contribution < -0.4 is 0 Å². The van der Waals surface area contributed by atoms with E-state index in [-0.39, 0.29) is 12.1 Å². The highest BCUT2D eigenvalue weighted by Gasteiger charge is 2.33. The average Bonchev–Trinajstić information content (AvgIpc) is 2.48. The van der Waals surface area contributed by atoms with Gasteiger partial charge in [-0.2, -0.15) is 0 Å². The maximum absolute atomic E-state index is 11.8. The molecular weight excluding hydrogens is 268 g/mol. The van der Waals surface area contributed by atoms with E-state index in [1.54, 1.807) is 11.8 Å². The first-order valence-electron chi connectivity index (χ1n) is 7.45. The fourth-order valence-corrected chi connectivity index (χ4v) is 2.72. The molecule has 1 aliphatic rings. The van der Waals surface area contributed by atoms with Gasteiger partial charge in [0, 0.05) is 19.6 Å². The standard InChI is InChI=1S/C16H24N2O3/c1-3-21-16(20)18-10-9-15(19)14(12-18)17(2)11-13-7-5-4-6-8-13/h4-8,14-15,19H,3,9-12H2,1-2H3/t14-,15-/m1/s1. The first-order chi connectivity index (χ1) is 10.1. The number of hydrogen-bond acceptors (Lipinski definition) is 4. The van der Waals surface area contributed by atoms with Gasteiger partial charge in [-0.1, -0.05) is 30.3 Å². The summed E-state index contributed by atoms with van der Waals surface area (Å²) < 4.78 is 5.05.